The fourth-order valence-corrected chi connectivity index (χ4v) is 2.13. The third-order valence-corrected chi connectivity index (χ3v) is 3.13. The highest BCUT2D eigenvalue weighted by molar-refractivity contribution is 6.30. The van der Waals surface area contributed by atoms with E-state index in [4.69, 9.17) is 17.3 Å². The highest BCUT2D eigenvalue weighted by atomic mass is 35.5. The van der Waals surface area contributed by atoms with E-state index >= 15 is 0 Å². The Balaban J connectivity index is 2.04. The molecule has 0 saturated carbocycles. The van der Waals surface area contributed by atoms with Crippen LogP contribution in [0.1, 0.15) is 16.1 Å². The second kappa shape index (κ2) is 6.54. The van der Waals surface area contributed by atoms with E-state index in [9.17, 15) is 4.79 Å². The SMILES string of the molecule is CN(Cc1cccc(Cl)c1)C(=O)c1cn(CCN)cn1. The summed E-state index contributed by atoms with van der Waals surface area (Å²) < 4.78 is 1.81. The highest BCUT2D eigenvalue weighted by Crippen LogP contribution is 2.13. The van der Waals surface area contributed by atoms with Gasteiger partial charge >= 0.3 is 0 Å². The number of hydrogen-bond donors (Lipinski definition) is 1. The van der Waals surface area contributed by atoms with Gasteiger partial charge in [0, 0.05) is 37.9 Å². The van der Waals surface area contributed by atoms with E-state index in [0.717, 1.165) is 5.56 Å². The zero-order valence-corrected chi connectivity index (χ0v) is 12.0. The van der Waals surface area contributed by atoms with Crippen molar-refractivity contribution in [3.8, 4) is 0 Å². The van der Waals surface area contributed by atoms with Gasteiger partial charge < -0.3 is 15.2 Å². The standard InChI is InChI=1S/C14H17ClN4O/c1-18(8-11-3-2-4-12(15)7-11)14(20)13-9-19(6-5-16)10-17-13/h2-4,7,9-10H,5-6,8,16H2,1H3. The molecule has 0 radical (unpaired) electrons. The minimum absolute atomic E-state index is 0.124. The third-order valence-electron chi connectivity index (χ3n) is 2.90. The molecule has 1 aromatic heterocycles. The van der Waals surface area contributed by atoms with Gasteiger partial charge in [0.1, 0.15) is 5.69 Å². The minimum atomic E-state index is -0.124. The van der Waals surface area contributed by atoms with Crippen LogP contribution in [0.2, 0.25) is 5.02 Å². The molecule has 0 saturated heterocycles. The first-order chi connectivity index (χ1) is 9.60. The lowest BCUT2D eigenvalue weighted by Gasteiger charge is -2.16. The molecule has 20 heavy (non-hydrogen) atoms. The minimum Gasteiger partial charge on any atom is -0.336 e. The summed E-state index contributed by atoms with van der Waals surface area (Å²) in [6.07, 6.45) is 3.33. The number of nitrogens with zero attached hydrogens (tertiary/aromatic N) is 3. The summed E-state index contributed by atoms with van der Waals surface area (Å²) in [7, 11) is 1.74. The second-order valence-electron chi connectivity index (χ2n) is 4.58. The fraction of sp³-hybridized carbons (Fsp3) is 0.286. The average Bonchev–Trinajstić information content (AvgIpc) is 2.87. The molecule has 0 bridgehead atoms. The fourth-order valence-electron chi connectivity index (χ4n) is 1.92. The topological polar surface area (TPSA) is 64.2 Å². The first-order valence-corrected chi connectivity index (χ1v) is 6.69. The summed E-state index contributed by atoms with van der Waals surface area (Å²) in [5.41, 5.74) is 6.87. The second-order valence-corrected chi connectivity index (χ2v) is 5.01. The number of rotatable bonds is 5. The van der Waals surface area contributed by atoms with Crippen molar-refractivity contribution >= 4 is 17.5 Å². The molecule has 2 N–H and O–H groups in total. The van der Waals surface area contributed by atoms with E-state index in [1.807, 2.05) is 18.2 Å². The van der Waals surface area contributed by atoms with Gasteiger partial charge in [0.25, 0.3) is 5.91 Å². The normalized spacial score (nSPS) is 10.6. The molecule has 0 unspecified atom stereocenters. The number of nitrogens with two attached hydrogens (primary N) is 1. The van der Waals surface area contributed by atoms with E-state index in [0.29, 0.717) is 30.4 Å². The Bertz CT molecular complexity index is 596. The third kappa shape index (κ3) is 3.59. The Morgan fingerprint density at radius 2 is 2.30 bits per heavy atom. The van der Waals surface area contributed by atoms with Crippen molar-refractivity contribution in [3.05, 3.63) is 53.1 Å². The van der Waals surface area contributed by atoms with Crippen LogP contribution in [-0.2, 0) is 13.1 Å². The summed E-state index contributed by atoms with van der Waals surface area (Å²) in [5.74, 6) is -0.124. The molecule has 1 aromatic carbocycles. The van der Waals surface area contributed by atoms with Crippen LogP contribution in [0, 0.1) is 0 Å². The van der Waals surface area contributed by atoms with Crippen molar-refractivity contribution in [3.63, 3.8) is 0 Å². The molecule has 0 fully saturated rings. The Morgan fingerprint density at radius 3 is 3.00 bits per heavy atom. The van der Waals surface area contributed by atoms with Gasteiger partial charge in [0.05, 0.1) is 6.33 Å². The van der Waals surface area contributed by atoms with Gasteiger partial charge in [-0.2, -0.15) is 0 Å². The summed E-state index contributed by atoms with van der Waals surface area (Å²) in [5, 5.41) is 0.663. The predicted molar refractivity (Wildman–Crippen MR) is 78.5 cm³/mol. The number of halogens is 1. The van der Waals surface area contributed by atoms with Gasteiger partial charge in [-0.25, -0.2) is 4.98 Å². The molecule has 0 atom stereocenters. The number of carbonyl (C=O) groups excluding carboxylic acids is 1. The Labute approximate surface area is 123 Å². The monoisotopic (exact) mass is 292 g/mol. The van der Waals surface area contributed by atoms with Crippen LogP contribution in [0.25, 0.3) is 0 Å². The van der Waals surface area contributed by atoms with Crippen molar-refractivity contribution in [2.45, 2.75) is 13.1 Å². The lowest BCUT2D eigenvalue weighted by Crippen LogP contribution is -2.26. The summed E-state index contributed by atoms with van der Waals surface area (Å²) in [4.78, 5) is 18.0. The molecule has 0 aliphatic rings. The van der Waals surface area contributed by atoms with Crippen molar-refractivity contribution in [2.24, 2.45) is 5.73 Å². The Morgan fingerprint density at radius 1 is 1.50 bits per heavy atom. The summed E-state index contributed by atoms with van der Waals surface area (Å²) >= 11 is 5.93. The van der Waals surface area contributed by atoms with Gasteiger partial charge in [-0.3, -0.25) is 4.79 Å². The molecule has 0 aliphatic heterocycles. The molecule has 1 heterocycles. The first kappa shape index (κ1) is 14.6. The molecule has 0 aliphatic carbocycles. The molecule has 1 amide bonds. The predicted octanol–water partition coefficient (Wildman–Crippen LogP) is 1.77. The Hall–Kier alpha value is -1.85. The van der Waals surface area contributed by atoms with Crippen LogP contribution >= 0.6 is 11.6 Å². The number of carbonyl (C=O) groups is 1. The maximum absolute atomic E-state index is 12.2. The van der Waals surface area contributed by atoms with Crippen LogP contribution < -0.4 is 5.73 Å². The van der Waals surface area contributed by atoms with Crippen molar-refractivity contribution in [1.82, 2.24) is 14.5 Å². The number of benzene rings is 1. The first-order valence-electron chi connectivity index (χ1n) is 6.32. The zero-order valence-electron chi connectivity index (χ0n) is 11.3. The van der Waals surface area contributed by atoms with E-state index < -0.39 is 0 Å². The van der Waals surface area contributed by atoms with Gasteiger partial charge in [0.2, 0.25) is 0 Å². The van der Waals surface area contributed by atoms with Gasteiger partial charge in [-0.15, -0.1) is 0 Å². The zero-order chi connectivity index (χ0) is 14.5. The maximum atomic E-state index is 12.2. The average molecular weight is 293 g/mol. The van der Waals surface area contributed by atoms with Crippen LogP contribution in [0.3, 0.4) is 0 Å². The van der Waals surface area contributed by atoms with Crippen molar-refractivity contribution in [1.29, 1.82) is 0 Å². The van der Waals surface area contributed by atoms with E-state index in [1.165, 1.54) is 0 Å². The number of aromatic nitrogens is 2. The number of imidazole rings is 1. The van der Waals surface area contributed by atoms with Crippen LogP contribution in [0.5, 0.6) is 0 Å². The van der Waals surface area contributed by atoms with Crippen LogP contribution in [-0.4, -0.2) is 34.0 Å². The number of hydrogen-bond acceptors (Lipinski definition) is 3. The molecule has 106 valence electrons. The highest BCUT2D eigenvalue weighted by Gasteiger charge is 2.14. The van der Waals surface area contributed by atoms with Crippen LogP contribution in [0.15, 0.2) is 36.8 Å². The maximum Gasteiger partial charge on any atom is 0.274 e. The molecule has 2 aromatic rings. The largest absolute Gasteiger partial charge is 0.336 e. The lowest BCUT2D eigenvalue weighted by molar-refractivity contribution is 0.0779. The van der Waals surface area contributed by atoms with Crippen molar-refractivity contribution < 1.29 is 4.79 Å². The van der Waals surface area contributed by atoms with Crippen molar-refractivity contribution in [2.75, 3.05) is 13.6 Å². The molecule has 0 spiro atoms. The molecule has 5 nitrogen and oxygen atoms in total. The lowest BCUT2D eigenvalue weighted by atomic mass is 10.2. The Kier molecular flexibility index (Phi) is 4.76. The number of amides is 1. The molecular formula is C14H17ClN4O. The summed E-state index contributed by atoms with van der Waals surface area (Å²) in [6.45, 7) is 1.66. The van der Waals surface area contributed by atoms with Gasteiger partial charge in [-0.05, 0) is 17.7 Å². The molecular weight excluding hydrogens is 276 g/mol. The molecule has 2 rings (SSSR count). The van der Waals surface area contributed by atoms with E-state index in [-0.39, 0.29) is 5.91 Å². The van der Waals surface area contributed by atoms with Crippen LogP contribution in [0.4, 0.5) is 0 Å². The van der Waals surface area contributed by atoms with Gasteiger partial charge in [0.15, 0.2) is 0 Å². The summed E-state index contributed by atoms with van der Waals surface area (Å²) in [6, 6.07) is 7.45. The van der Waals surface area contributed by atoms with E-state index in [1.54, 1.807) is 35.1 Å². The molecule has 6 heteroatoms. The quantitative estimate of drug-likeness (QED) is 0.913. The van der Waals surface area contributed by atoms with Gasteiger partial charge in [-0.1, -0.05) is 23.7 Å². The van der Waals surface area contributed by atoms with E-state index in [2.05, 4.69) is 4.98 Å². The smallest absolute Gasteiger partial charge is 0.274 e.